The molecule has 3 nitrogen and oxygen atoms in total. The number of hydrogen-bond acceptors (Lipinski definition) is 2. The summed E-state index contributed by atoms with van der Waals surface area (Å²) < 4.78 is 32.2. The SMILES string of the molecule is O=C(O)/C=C/c1cc(F)cc(Oc2ccc(F)c(Br)c2)c1. The van der Waals surface area contributed by atoms with Crippen molar-refractivity contribution in [2.75, 3.05) is 0 Å². The summed E-state index contributed by atoms with van der Waals surface area (Å²) in [5, 5.41) is 8.55. The maximum atomic E-state index is 13.5. The van der Waals surface area contributed by atoms with Gasteiger partial charge < -0.3 is 9.84 Å². The summed E-state index contributed by atoms with van der Waals surface area (Å²) in [5.74, 6) is -1.64. The van der Waals surface area contributed by atoms with Crippen molar-refractivity contribution >= 4 is 28.0 Å². The molecule has 0 aliphatic carbocycles. The standard InChI is InChI=1S/C15H9BrF2O3/c16-13-8-11(2-3-14(13)18)21-12-6-9(1-4-15(19)20)5-10(17)7-12/h1-8H,(H,19,20)/b4-1+. The summed E-state index contributed by atoms with van der Waals surface area (Å²) in [6, 6.07) is 7.82. The van der Waals surface area contributed by atoms with Crippen LogP contribution in [0.15, 0.2) is 46.9 Å². The average Bonchev–Trinajstić information content (AvgIpc) is 2.40. The van der Waals surface area contributed by atoms with Crippen LogP contribution in [-0.4, -0.2) is 11.1 Å². The van der Waals surface area contributed by atoms with Gasteiger partial charge in [-0.1, -0.05) is 0 Å². The Balaban J connectivity index is 2.27. The summed E-state index contributed by atoms with van der Waals surface area (Å²) in [6.07, 6.45) is 2.14. The minimum atomic E-state index is -1.14. The van der Waals surface area contributed by atoms with Crippen LogP contribution in [0.25, 0.3) is 6.08 Å². The molecule has 2 aromatic rings. The van der Waals surface area contributed by atoms with Crippen molar-refractivity contribution in [2.24, 2.45) is 0 Å². The molecule has 108 valence electrons. The smallest absolute Gasteiger partial charge is 0.328 e. The second-order valence-electron chi connectivity index (χ2n) is 4.07. The summed E-state index contributed by atoms with van der Waals surface area (Å²) >= 11 is 3.02. The van der Waals surface area contributed by atoms with Crippen molar-refractivity contribution in [2.45, 2.75) is 0 Å². The van der Waals surface area contributed by atoms with Crippen molar-refractivity contribution in [1.82, 2.24) is 0 Å². The molecule has 0 fully saturated rings. The van der Waals surface area contributed by atoms with Crippen LogP contribution >= 0.6 is 15.9 Å². The molecule has 0 amide bonds. The van der Waals surface area contributed by atoms with Crippen LogP contribution in [0, 0.1) is 11.6 Å². The van der Waals surface area contributed by atoms with Crippen molar-refractivity contribution in [3.05, 3.63) is 64.1 Å². The van der Waals surface area contributed by atoms with Gasteiger partial charge in [0.1, 0.15) is 23.1 Å². The number of carboxylic acid groups (broad SMARTS) is 1. The molecule has 0 aliphatic rings. The highest BCUT2D eigenvalue weighted by molar-refractivity contribution is 9.10. The Morgan fingerprint density at radius 1 is 1.14 bits per heavy atom. The first-order chi connectivity index (χ1) is 9.94. The maximum Gasteiger partial charge on any atom is 0.328 e. The normalized spacial score (nSPS) is 10.8. The van der Waals surface area contributed by atoms with E-state index in [2.05, 4.69) is 15.9 Å². The van der Waals surface area contributed by atoms with E-state index in [1.807, 2.05) is 0 Å². The van der Waals surface area contributed by atoms with Crippen LogP contribution in [-0.2, 0) is 4.79 Å². The van der Waals surface area contributed by atoms with Gasteiger partial charge in [0.25, 0.3) is 0 Å². The van der Waals surface area contributed by atoms with Crippen molar-refractivity contribution in [3.63, 3.8) is 0 Å². The zero-order valence-electron chi connectivity index (χ0n) is 10.5. The fourth-order valence-corrected chi connectivity index (χ4v) is 1.94. The van der Waals surface area contributed by atoms with Crippen molar-refractivity contribution in [1.29, 1.82) is 0 Å². The van der Waals surface area contributed by atoms with Crippen LogP contribution in [0.4, 0.5) is 8.78 Å². The summed E-state index contributed by atoms with van der Waals surface area (Å²) in [6.45, 7) is 0. The Kier molecular flexibility index (Phi) is 4.70. The van der Waals surface area contributed by atoms with Crippen molar-refractivity contribution in [3.8, 4) is 11.5 Å². The van der Waals surface area contributed by atoms with Gasteiger partial charge in [0.15, 0.2) is 0 Å². The van der Waals surface area contributed by atoms with Crippen LogP contribution < -0.4 is 4.74 Å². The molecule has 0 atom stereocenters. The predicted octanol–water partition coefficient (Wildman–Crippen LogP) is 4.62. The lowest BCUT2D eigenvalue weighted by molar-refractivity contribution is -0.131. The van der Waals surface area contributed by atoms with Gasteiger partial charge in [-0.25, -0.2) is 13.6 Å². The average molecular weight is 355 g/mol. The van der Waals surface area contributed by atoms with Crippen LogP contribution in [0.1, 0.15) is 5.56 Å². The molecular weight excluding hydrogens is 346 g/mol. The molecule has 0 bridgehead atoms. The van der Waals surface area contributed by atoms with E-state index in [-0.39, 0.29) is 10.2 Å². The Morgan fingerprint density at radius 3 is 2.57 bits per heavy atom. The second-order valence-corrected chi connectivity index (χ2v) is 4.92. The molecule has 0 aliphatic heterocycles. The lowest BCUT2D eigenvalue weighted by Gasteiger charge is -2.07. The molecule has 6 heteroatoms. The summed E-state index contributed by atoms with van der Waals surface area (Å²) in [7, 11) is 0. The van der Waals surface area contributed by atoms with Gasteiger partial charge >= 0.3 is 5.97 Å². The van der Waals surface area contributed by atoms with Crippen LogP contribution in [0.2, 0.25) is 0 Å². The van der Waals surface area contributed by atoms with Gasteiger partial charge in [0, 0.05) is 12.1 Å². The fraction of sp³-hybridized carbons (Fsp3) is 0. The minimum absolute atomic E-state index is 0.179. The number of halogens is 3. The Labute approximate surface area is 127 Å². The first-order valence-electron chi connectivity index (χ1n) is 5.78. The zero-order valence-corrected chi connectivity index (χ0v) is 12.1. The number of aliphatic carboxylic acids is 1. The van der Waals surface area contributed by atoms with Crippen LogP contribution in [0.3, 0.4) is 0 Å². The fourth-order valence-electron chi connectivity index (χ4n) is 1.58. The van der Waals surface area contributed by atoms with Crippen molar-refractivity contribution < 1.29 is 23.4 Å². The van der Waals surface area contributed by atoms with Gasteiger partial charge in [-0.2, -0.15) is 0 Å². The quantitative estimate of drug-likeness (QED) is 0.815. The first-order valence-corrected chi connectivity index (χ1v) is 6.58. The molecule has 0 saturated heterocycles. The Hall–Kier alpha value is -2.21. The molecule has 0 aromatic heterocycles. The van der Waals surface area contributed by atoms with Gasteiger partial charge in [-0.15, -0.1) is 0 Å². The van der Waals surface area contributed by atoms with E-state index in [0.717, 1.165) is 12.1 Å². The van der Waals surface area contributed by atoms with E-state index in [9.17, 15) is 13.6 Å². The Bertz CT molecular complexity index is 714. The van der Waals surface area contributed by atoms with Crippen LogP contribution in [0.5, 0.6) is 11.5 Å². The number of rotatable bonds is 4. The molecule has 0 heterocycles. The number of ether oxygens (including phenoxy) is 1. The predicted molar refractivity (Wildman–Crippen MR) is 77.2 cm³/mol. The molecule has 2 aromatic carbocycles. The third-order valence-electron chi connectivity index (χ3n) is 2.44. The number of hydrogen-bond donors (Lipinski definition) is 1. The third-order valence-corrected chi connectivity index (χ3v) is 3.05. The van der Waals surface area contributed by atoms with E-state index in [1.165, 1.54) is 36.4 Å². The lowest BCUT2D eigenvalue weighted by atomic mass is 10.2. The maximum absolute atomic E-state index is 13.5. The Morgan fingerprint density at radius 2 is 1.90 bits per heavy atom. The number of benzene rings is 2. The van der Waals surface area contributed by atoms with Gasteiger partial charge in [-0.3, -0.25) is 0 Å². The van der Waals surface area contributed by atoms with E-state index in [1.54, 1.807) is 0 Å². The second kappa shape index (κ2) is 6.49. The van der Waals surface area contributed by atoms with E-state index < -0.39 is 17.6 Å². The highest BCUT2D eigenvalue weighted by Gasteiger charge is 2.05. The summed E-state index contributed by atoms with van der Waals surface area (Å²) in [4.78, 5) is 10.5. The van der Waals surface area contributed by atoms with E-state index in [4.69, 9.17) is 9.84 Å². The summed E-state index contributed by atoms with van der Waals surface area (Å²) in [5.41, 5.74) is 0.341. The molecular formula is C15H9BrF2O3. The number of carbonyl (C=O) groups is 1. The highest BCUT2D eigenvalue weighted by Crippen LogP contribution is 2.27. The molecule has 0 saturated carbocycles. The molecule has 1 N–H and O–H groups in total. The molecule has 0 spiro atoms. The topological polar surface area (TPSA) is 46.5 Å². The van der Waals surface area contributed by atoms with E-state index >= 15 is 0 Å². The largest absolute Gasteiger partial charge is 0.478 e. The highest BCUT2D eigenvalue weighted by atomic mass is 79.9. The lowest BCUT2D eigenvalue weighted by Crippen LogP contribution is -1.89. The van der Waals surface area contributed by atoms with Gasteiger partial charge in [0.2, 0.25) is 0 Å². The molecule has 21 heavy (non-hydrogen) atoms. The van der Waals surface area contributed by atoms with Gasteiger partial charge in [-0.05, 0) is 57.9 Å². The van der Waals surface area contributed by atoms with Gasteiger partial charge in [0.05, 0.1) is 4.47 Å². The number of carboxylic acids is 1. The third kappa shape index (κ3) is 4.39. The molecule has 0 radical (unpaired) electrons. The van der Waals surface area contributed by atoms with E-state index in [0.29, 0.717) is 11.3 Å². The molecule has 2 rings (SSSR count). The zero-order chi connectivity index (χ0) is 15.4. The molecule has 0 unspecified atom stereocenters. The first kappa shape index (κ1) is 15.2. The monoisotopic (exact) mass is 354 g/mol. The minimum Gasteiger partial charge on any atom is -0.478 e.